The van der Waals surface area contributed by atoms with Gasteiger partial charge in [-0.15, -0.1) is 0 Å². The van der Waals surface area contributed by atoms with E-state index in [1.54, 1.807) is 18.2 Å². The molecule has 1 N–H and O–H groups in total. The molecule has 0 atom stereocenters. The molecule has 1 nitrogen and oxygen atoms in total. The largest absolute Gasteiger partial charge is 0.508 e. The van der Waals surface area contributed by atoms with Crippen LogP contribution >= 0.6 is 0 Å². The summed E-state index contributed by atoms with van der Waals surface area (Å²) in [6.45, 7) is 1.86. The molecule has 0 fully saturated rings. The average Bonchev–Trinajstić information content (AvgIpc) is 1.80. The van der Waals surface area contributed by atoms with Gasteiger partial charge in [-0.1, -0.05) is 17.1 Å². The van der Waals surface area contributed by atoms with E-state index in [0.717, 1.165) is 5.56 Å². The van der Waals surface area contributed by atoms with Gasteiger partial charge in [-0.3, -0.25) is 0 Å². The molecule has 0 aliphatic heterocycles. The van der Waals surface area contributed by atoms with Gasteiger partial charge in [0.2, 0.25) is 0 Å². The minimum atomic E-state index is 0.265. The molecule has 2 heteroatoms. The van der Waals surface area contributed by atoms with Crippen LogP contribution in [0.1, 0.15) is 5.56 Å². The Bertz CT molecular complexity index is 220. The van der Waals surface area contributed by atoms with Gasteiger partial charge in [0, 0.05) is 0 Å². The van der Waals surface area contributed by atoms with Crippen molar-refractivity contribution in [3.63, 3.8) is 0 Å². The Balaban J connectivity index is 3.17. The first-order chi connectivity index (χ1) is 4.20. The van der Waals surface area contributed by atoms with Crippen molar-refractivity contribution in [3.8, 4) is 5.75 Å². The predicted octanol–water partition coefficient (Wildman–Crippen LogP) is 0.494. The molecule has 0 aliphatic rings. The molecule has 44 valence electrons. The lowest BCUT2D eigenvalue weighted by molar-refractivity contribution is 0.475. The Kier molecular flexibility index (Phi) is 1.47. The molecule has 1 rings (SSSR count). The van der Waals surface area contributed by atoms with Crippen molar-refractivity contribution in [1.82, 2.24) is 0 Å². The van der Waals surface area contributed by atoms with E-state index in [1.165, 1.54) is 0 Å². The quantitative estimate of drug-likeness (QED) is 0.491. The number of aromatic hydroxyl groups is 1. The molecule has 9 heavy (non-hydrogen) atoms. The predicted molar refractivity (Wildman–Crippen MR) is 38.2 cm³/mol. The third kappa shape index (κ3) is 1.25. The molecule has 0 unspecified atom stereocenters. The Morgan fingerprint density at radius 2 is 2.11 bits per heavy atom. The standard InChI is InChI=1S/C7H7BO/c1-5-4-6(9)2-3-7(5)8/h2-4,9H,1H3. The number of hydrogen-bond acceptors (Lipinski definition) is 1. The Hall–Kier alpha value is -0.915. The van der Waals surface area contributed by atoms with Crippen LogP contribution in [0.2, 0.25) is 0 Å². The van der Waals surface area contributed by atoms with Gasteiger partial charge in [0.25, 0.3) is 0 Å². The molecule has 0 bridgehead atoms. The van der Waals surface area contributed by atoms with Gasteiger partial charge in [-0.25, -0.2) is 0 Å². The van der Waals surface area contributed by atoms with Crippen LogP contribution in [0.5, 0.6) is 5.75 Å². The SMILES string of the molecule is [B]c1ccc(O)cc1C. The van der Waals surface area contributed by atoms with Crippen molar-refractivity contribution in [2.45, 2.75) is 6.92 Å². The number of hydrogen-bond donors (Lipinski definition) is 1. The van der Waals surface area contributed by atoms with E-state index in [2.05, 4.69) is 0 Å². The molecule has 0 amide bonds. The third-order valence-corrected chi connectivity index (χ3v) is 1.25. The number of phenols is 1. The first-order valence-electron chi connectivity index (χ1n) is 2.75. The summed E-state index contributed by atoms with van der Waals surface area (Å²) in [5.41, 5.74) is 1.63. The number of aryl methyl sites for hydroxylation is 1. The smallest absolute Gasteiger partial charge is 0.115 e. The topological polar surface area (TPSA) is 20.2 Å². The van der Waals surface area contributed by atoms with Crippen molar-refractivity contribution < 1.29 is 5.11 Å². The first-order valence-corrected chi connectivity index (χ1v) is 2.75. The summed E-state index contributed by atoms with van der Waals surface area (Å²) in [6.07, 6.45) is 0. The minimum Gasteiger partial charge on any atom is -0.508 e. The summed E-state index contributed by atoms with van der Waals surface area (Å²) in [6, 6.07) is 4.89. The van der Waals surface area contributed by atoms with Crippen LogP contribution in [-0.2, 0) is 0 Å². The Morgan fingerprint density at radius 1 is 1.44 bits per heavy atom. The fourth-order valence-electron chi connectivity index (χ4n) is 0.660. The van der Waals surface area contributed by atoms with E-state index in [1.807, 2.05) is 6.92 Å². The molecular formula is C7H7BO. The van der Waals surface area contributed by atoms with Crippen LogP contribution in [-0.4, -0.2) is 13.0 Å². The zero-order chi connectivity index (χ0) is 6.85. The molecule has 0 saturated heterocycles. The third-order valence-electron chi connectivity index (χ3n) is 1.25. The van der Waals surface area contributed by atoms with Crippen molar-refractivity contribution in [2.75, 3.05) is 0 Å². The van der Waals surface area contributed by atoms with Crippen molar-refractivity contribution in [1.29, 1.82) is 0 Å². The highest BCUT2D eigenvalue weighted by atomic mass is 16.3. The van der Waals surface area contributed by atoms with Gasteiger partial charge < -0.3 is 5.11 Å². The van der Waals surface area contributed by atoms with Gasteiger partial charge in [0.15, 0.2) is 0 Å². The van der Waals surface area contributed by atoms with E-state index < -0.39 is 0 Å². The monoisotopic (exact) mass is 118 g/mol. The maximum absolute atomic E-state index is 8.88. The second kappa shape index (κ2) is 2.13. The Morgan fingerprint density at radius 3 is 2.56 bits per heavy atom. The lowest BCUT2D eigenvalue weighted by Crippen LogP contribution is -2.04. The maximum Gasteiger partial charge on any atom is 0.115 e. The summed E-state index contributed by atoms with van der Waals surface area (Å²) in [7, 11) is 5.48. The van der Waals surface area contributed by atoms with Crippen LogP contribution in [0, 0.1) is 6.92 Å². The molecule has 0 aliphatic carbocycles. The van der Waals surface area contributed by atoms with E-state index in [-0.39, 0.29) is 5.75 Å². The van der Waals surface area contributed by atoms with E-state index in [0.29, 0.717) is 5.46 Å². The van der Waals surface area contributed by atoms with Crippen LogP contribution in [0.25, 0.3) is 0 Å². The van der Waals surface area contributed by atoms with Gasteiger partial charge in [0.05, 0.1) is 0 Å². The van der Waals surface area contributed by atoms with Gasteiger partial charge in [0.1, 0.15) is 13.6 Å². The molecule has 0 aromatic heterocycles. The minimum absolute atomic E-state index is 0.265. The molecule has 2 radical (unpaired) electrons. The summed E-state index contributed by atoms with van der Waals surface area (Å²) in [4.78, 5) is 0. The molecular weight excluding hydrogens is 111 g/mol. The molecule has 0 heterocycles. The second-order valence-electron chi connectivity index (χ2n) is 2.04. The van der Waals surface area contributed by atoms with E-state index in [9.17, 15) is 0 Å². The van der Waals surface area contributed by atoms with Crippen LogP contribution in [0.4, 0.5) is 0 Å². The summed E-state index contributed by atoms with van der Waals surface area (Å²) in [5, 5.41) is 8.88. The van der Waals surface area contributed by atoms with Gasteiger partial charge >= 0.3 is 0 Å². The fraction of sp³-hybridized carbons (Fsp3) is 0.143. The number of phenolic OH excluding ortho intramolecular Hbond substituents is 1. The van der Waals surface area contributed by atoms with Crippen LogP contribution in [0.15, 0.2) is 18.2 Å². The lowest BCUT2D eigenvalue weighted by atomic mass is 9.91. The maximum atomic E-state index is 8.88. The van der Waals surface area contributed by atoms with Gasteiger partial charge in [-0.05, 0) is 19.1 Å². The first kappa shape index (κ1) is 6.21. The molecule has 0 saturated carbocycles. The van der Waals surface area contributed by atoms with Crippen molar-refractivity contribution in [3.05, 3.63) is 23.8 Å². The zero-order valence-corrected chi connectivity index (χ0v) is 5.26. The van der Waals surface area contributed by atoms with Crippen LogP contribution < -0.4 is 5.46 Å². The van der Waals surface area contributed by atoms with E-state index >= 15 is 0 Å². The molecule has 0 spiro atoms. The van der Waals surface area contributed by atoms with Gasteiger partial charge in [-0.2, -0.15) is 0 Å². The highest BCUT2D eigenvalue weighted by molar-refractivity contribution is 6.33. The summed E-state index contributed by atoms with van der Waals surface area (Å²) >= 11 is 0. The number of rotatable bonds is 0. The summed E-state index contributed by atoms with van der Waals surface area (Å²) < 4.78 is 0. The normalized spacial score (nSPS) is 9.44. The average molecular weight is 118 g/mol. The highest BCUT2D eigenvalue weighted by Crippen LogP contribution is 2.06. The van der Waals surface area contributed by atoms with Crippen molar-refractivity contribution >= 4 is 13.3 Å². The number of benzene rings is 1. The van der Waals surface area contributed by atoms with Crippen molar-refractivity contribution in [2.24, 2.45) is 0 Å². The lowest BCUT2D eigenvalue weighted by Gasteiger charge is -1.97. The molecule has 1 aromatic carbocycles. The van der Waals surface area contributed by atoms with Crippen LogP contribution in [0.3, 0.4) is 0 Å². The second-order valence-corrected chi connectivity index (χ2v) is 2.04. The molecule has 1 aromatic rings. The Labute approximate surface area is 55.7 Å². The fourth-order valence-corrected chi connectivity index (χ4v) is 0.660. The highest BCUT2D eigenvalue weighted by Gasteiger charge is 1.90. The van der Waals surface area contributed by atoms with E-state index in [4.69, 9.17) is 13.0 Å². The summed E-state index contributed by atoms with van der Waals surface area (Å²) in [5.74, 6) is 0.265. The zero-order valence-electron chi connectivity index (χ0n) is 5.26.